The van der Waals surface area contributed by atoms with E-state index < -0.39 is 6.10 Å². The molecular formula is C15H18N2O2. The van der Waals surface area contributed by atoms with Crippen LogP contribution in [0.3, 0.4) is 0 Å². The zero-order valence-electron chi connectivity index (χ0n) is 10.7. The molecule has 0 unspecified atom stereocenters. The SMILES string of the molecule is O[C@H](C/C=C/c1cnc[nH]1)COCc1ccccc1. The number of aliphatic hydroxyl groups is 1. The third-order valence-electron chi connectivity index (χ3n) is 2.65. The molecule has 1 heterocycles. The van der Waals surface area contributed by atoms with Gasteiger partial charge >= 0.3 is 0 Å². The van der Waals surface area contributed by atoms with E-state index in [0.29, 0.717) is 19.6 Å². The molecule has 0 spiro atoms. The van der Waals surface area contributed by atoms with E-state index in [-0.39, 0.29) is 0 Å². The Bertz CT molecular complexity index is 480. The van der Waals surface area contributed by atoms with Crippen molar-refractivity contribution >= 4 is 6.08 Å². The van der Waals surface area contributed by atoms with Gasteiger partial charge in [-0.15, -0.1) is 0 Å². The number of ether oxygens (including phenoxy) is 1. The largest absolute Gasteiger partial charge is 0.390 e. The van der Waals surface area contributed by atoms with Gasteiger partial charge < -0.3 is 14.8 Å². The Morgan fingerprint density at radius 2 is 2.16 bits per heavy atom. The van der Waals surface area contributed by atoms with Crippen molar-refractivity contribution in [3.05, 3.63) is 60.2 Å². The number of aromatic nitrogens is 2. The van der Waals surface area contributed by atoms with Crippen molar-refractivity contribution in [2.45, 2.75) is 19.1 Å². The Morgan fingerprint density at radius 1 is 1.32 bits per heavy atom. The molecule has 100 valence electrons. The summed E-state index contributed by atoms with van der Waals surface area (Å²) >= 11 is 0. The summed E-state index contributed by atoms with van der Waals surface area (Å²) in [6, 6.07) is 9.93. The van der Waals surface area contributed by atoms with Crippen LogP contribution in [-0.2, 0) is 11.3 Å². The highest BCUT2D eigenvalue weighted by molar-refractivity contribution is 5.42. The number of imidazole rings is 1. The van der Waals surface area contributed by atoms with E-state index in [1.54, 1.807) is 12.5 Å². The second-order valence-electron chi connectivity index (χ2n) is 4.30. The molecule has 0 saturated heterocycles. The average Bonchev–Trinajstić information content (AvgIpc) is 2.93. The number of benzene rings is 1. The van der Waals surface area contributed by atoms with Crippen LogP contribution in [0.4, 0.5) is 0 Å². The van der Waals surface area contributed by atoms with Gasteiger partial charge in [-0.05, 0) is 18.1 Å². The molecule has 1 aromatic heterocycles. The highest BCUT2D eigenvalue weighted by Crippen LogP contribution is 2.03. The van der Waals surface area contributed by atoms with Crippen LogP contribution in [0.5, 0.6) is 0 Å². The van der Waals surface area contributed by atoms with Crippen LogP contribution in [0.1, 0.15) is 17.7 Å². The topological polar surface area (TPSA) is 58.1 Å². The van der Waals surface area contributed by atoms with E-state index in [0.717, 1.165) is 11.3 Å². The molecule has 0 radical (unpaired) electrons. The molecule has 0 saturated carbocycles. The average molecular weight is 258 g/mol. The molecule has 0 aliphatic heterocycles. The number of aromatic amines is 1. The molecule has 4 heteroatoms. The Hall–Kier alpha value is -1.91. The van der Waals surface area contributed by atoms with Crippen molar-refractivity contribution in [2.24, 2.45) is 0 Å². The number of hydrogen-bond donors (Lipinski definition) is 2. The maximum atomic E-state index is 9.75. The van der Waals surface area contributed by atoms with E-state index in [4.69, 9.17) is 4.74 Å². The molecule has 2 rings (SSSR count). The third kappa shape index (κ3) is 5.07. The number of aliphatic hydroxyl groups excluding tert-OH is 1. The second kappa shape index (κ2) is 7.51. The lowest BCUT2D eigenvalue weighted by Gasteiger charge is -2.09. The Labute approximate surface area is 112 Å². The van der Waals surface area contributed by atoms with Crippen LogP contribution in [0, 0.1) is 0 Å². The molecule has 4 nitrogen and oxygen atoms in total. The fraction of sp³-hybridized carbons (Fsp3) is 0.267. The molecule has 19 heavy (non-hydrogen) atoms. The number of nitrogens with one attached hydrogen (secondary N) is 1. The highest BCUT2D eigenvalue weighted by Gasteiger charge is 2.02. The lowest BCUT2D eigenvalue weighted by Crippen LogP contribution is -2.14. The summed E-state index contributed by atoms with van der Waals surface area (Å²) in [7, 11) is 0. The predicted molar refractivity (Wildman–Crippen MR) is 74.3 cm³/mol. The van der Waals surface area contributed by atoms with Gasteiger partial charge in [-0.1, -0.05) is 36.4 Å². The standard InChI is InChI=1S/C15H18N2O2/c18-15(8-4-7-14-9-16-12-17-14)11-19-10-13-5-2-1-3-6-13/h1-7,9,12,15,18H,8,10-11H2,(H,16,17)/b7-4+/t15-/m1/s1. The number of rotatable bonds is 7. The summed E-state index contributed by atoms with van der Waals surface area (Å²) < 4.78 is 5.47. The van der Waals surface area contributed by atoms with Gasteiger partial charge in [0, 0.05) is 0 Å². The Morgan fingerprint density at radius 3 is 2.89 bits per heavy atom. The van der Waals surface area contributed by atoms with Crippen molar-refractivity contribution < 1.29 is 9.84 Å². The fourth-order valence-electron chi connectivity index (χ4n) is 1.66. The maximum Gasteiger partial charge on any atom is 0.0924 e. The van der Waals surface area contributed by atoms with Gasteiger partial charge in [0.15, 0.2) is 0 Å². The van der Waals surface area contributed by atoms with Crippen LogP contribution in [0.25, 0.3) is 6.08 Å². The molecule has 2 aromatic rings. The van der Waals surface area contributed by atoms with Crippen LogP contribution >= 0.6 is 0 Å². The van der Waals surface area contributed by atoms with Gasteiger partial charge in [0.1, 0.15) is 0 Å². The first-order valence-electron chi connectivity index (χ1n) is 6.29. The van der Waals surface area contributed by atoms with Crippen LogP contribution in [0.2, 0.25) is 0 Å². The van der Waals surface area contributed by atoms with E-state index >= 15 is 0 Å². The molecular weight excluding hydrogens is 240 g/mol. The maximum absolute atomic E-state index is 9.75. The molecule has 0 aliphatic rings. The summed E-state index contributed by atoms with van der Waals surface area (Å²) in [5.41, 5.74) is 2.04. The van der Waals surface area contributed by atoms with Gasteiger partial charge in [0.25, 0.3) is 0 Å². The molecule has 0 aliphatic carbocycles. The quantitative estimate of drug-likeness (QED) is 0.801. The minimum absolute atomic E-state index is 0.336. The van der Waals surface area contributed by atoms with E-state index in [9.17, 15) is 5.11 Å². The molecule has 0 bridgehead atoms. The van der Waals surface area contributed by atoms with Crippen molar-refractivity contribution in [2.75, 3.05) is 6.61 Å². The van der Waals surface area contributed by atoms with E-state index in [2.05, 4.69) is 9.97 Å². The Kier molecular flexibility index (Phi) is 5.34. The lowest BCUT2D eigenvalue weighted by atomic mass is 10.2. The minimum Gasteiger partial charge on any atom is -0.390 e. The second-order valence-corrected chi connectivity index (χ2v) is 4.30. The lowest BCUT2D eigenvalue weighted by molar-refractivity contribution is 0.0302. The van der Waals surface area contributed by atoms with Crippen molar-refractivity contribution in [3.63, 3.8) is 0 Å². The van der Waals surface area contributed by atoms with Gasteiger partial charge in [-0.2, -0.15) is 0 Å². The molecule has 0 fully saturated rings. The summed E-state index contributed by atoms with van der Waals surface area (Å²) in [6.45, 7) is 0.865. The molecule has 1 atom stereocenters. The first kappa shape index (κ1) is 13.5. The summed E-state index contributed by atoms with van der Waals surface area (Å²) in [5.74, 6) is 0. The van der Waals surface area contributed by atoms with Gasteiger partial charge in [-0.3, -0.25) is 0 Å². The normalized spacial score (nSPS) is 12.9. The number of hydrogen-bond acceptors (Lipinski definition) is 3. The van der Waals surface area contributed by atoms with Crippen molar-refractivity contribution in [1.82, 2.24) is 9.97 Å². The zero-order valence-corrected chi connectivity index (χ0v) is 10.7. The number of nitrogens with zero attached hydrogens (tertiary/aromatic N) is 1. The van der Waals surface area contributed by atoms with E-state index in [1.165, 1.54) is 0 Å². The summed E-state index contributed by atoms with van der Waals surface area (Å²) in [6.07, 6.45) is 7.24. The first-order chi connectivity index (χ1) is 9.34. The zero-order chi connectivity index (χ0) is 13.3. The molecule has 1 aromatic carbocycles. The van der Waals surface area contributed by atoms with E-state index in [1.807, 2.05) is 42.5 Å². The van der Waals surface area contributed by atoms with Crippen LogP contribution in [-0.4, -0.2) is 27.8 Å². The van der Waals surface area contributed by atoms with Gasteiger partial charge in [0.05, 0.1) is 37.5 Å². The fourth-order valence-corrected chi connectivity index (χ4v) is 1.66. The van der Waals surface area contributed by atoms with Crippen LogP contribution < -0.4 is 0 Å². The molecule has 2 N–H and O–H groups in total. The third-order valence-corrected chi connectivity index (χ3v) is 2.65. The predicted octanol–water partition coefficient (Wildman–Crippen LogP) is 2.39. The summed E-state index contributed by atoms with van der Waals surface area (Å²) in [5, 5.41) is 9.75. The van der Waals surface area contributed by atoms with Gasteiger partial charge in [-0.25, -0.2) is 4.98 Å². The van der Waals surface area contributed by atoms with Crippen molar-refractivity contribution in [3.8, 4) is 0 Å². The monoisotopic (exact) mass is 258 g/mol. The van der Waals surface area contributed by atoms with Crippen LogP contribution in [0.15, 0.2) is 48.9 Å². The minimum atomic E-state index is -0.483. The summed E-state index contributed by atoms with van der Waals surface area (Å²) in [4.78, 5) is 6.87. The number of H-pyrrole nitrogens is 1. The smallest absolute Gasteiger partial charge is 0.0924 e. The molecule has 0 amide bonds. The highest BCUT2D eigenvalue weighted by atomic mass is 16.5. The Balaban J connectivity index is 1.63. The first-order valence-corrected chi connectivity index (χ1v) is 6.29. The van der Waals surface area contributed by atoms with Gasteiger partial charge in [0.2, 0.25) is 0 Å². The van der Waals surface area contributed by atoms with Crippen molar-refractivity contribution in [1.29, 1.82) is 0 Å².